The molecule has 1 aliphatic heterocycles. The van der Waals surface area contributed by atoms with Crippen molar-refractivity contribution in [3.05, 3.63) is 81.2 Å². The van der Waals surface area contributed by atoms with Crippen LogP contribution in [0.3, 0.4) is 0 Å². The summed E-state index contributed by atoms with van der Waals surface area (Å²) in [6.07, 6.45) is -2.90. The van der Waals surface area contributed by atoms with Crippen molar-refractivity contribution in [1.29, 1.82) is 0 Å². The molecule has 2 aromatic heterocycles. The lowest BCUT2D eigenvalue weighted by atomic mass is 9.98. The highest BCUT2D eigenvalue weighted by Gasteiger charge is 2.58. The number of carbonyl (C=O) groups excluding carboxylic acids is 2. The molecule has 10 nitrogen and oxygen atoms in total. The van der Waals surface area contributed by atoms with Crippen LogP contribution in [0.2, 0.25) is 15.2 Å². The summed E-state index contributed by atoms with van der Waals surface area (Å²) in [7, 11) is 0. The maximum absolute atomic E-state index is 16.6. The minimum atomic E-state index is -2.36. The number of aromatic nitrogens is 4. The number of nitrogens with two attached hydrogens (primary N) is 1. The number of fused-ring (bicyclic) bond motifs is 1. The average molecular weight is 595 g/mol. The van der Waals surface area contributed by atoms with Crippen LogP contribution in [0, 0.1) is 0 Å². The molecular weight excluding hydrogens is 576 g/mol. The Labute approximate surface area is 235 Å². The van der Waals surface area contributed by atoms with E-state index in [0.717, 1.165) is 0 Å². The Morgan fingerprint density at radius 3 is 2.23 bits per heavy atom. The maximum Gasteiger partial charge on any atom is 0.338 e. The Morgan fingerprint density at radius 1 is 1.03 bits per heavy atom. The van der Waals surface area contributed by atoms with Gasteiger partial charge in [-0.1, -0.05) is 34.8 Å². The van der Waals surface area contributed by atoms with Crippen LogP contribution in [-0.2, 0) is 14.2 Å². The molecule has 4 atom stereocenters. The van der Waals surface area contributed by atoms with Gasteiger partial charge in [-0.2, -0.15) is 9.97 Å². The Hall–Kier alpha value is -3.51. The third-order valence-corrected chi connectivity index (χ3v) is 6.87. The van der Waals surface area contributed by atoms with Gasteiger partial charge in [0.15, 0.2) is 28.8 Å². The second-order valence-electron chi connectivity index (χ2n) is 8.81. The van der Waals surface area contributed by atoms with Crippen LogP contribution < -0.4 is 5.73 Å². The third-order valence-electron chi connectivity index (χ3n) is 6.10. The van der Waals surface area contributed by atoms with Crippen molar-refractivity contribution in [1.82, 2.24) is 19.5 Å². The van der Waals surface area contributed by atoms with Crippen molar-refractivity contribution < 1.29 is 28.2 Å². The highest BCUT2D eigenvalue weighted by Crippen LogP contribution is 2.44. The number of carbonyl (C=O) groups is 2. The number of alkyl halides is 1. The molecular formula is C25H19Cl3FN5O5. The van der Waals surface area contributed by atoms with Crippen molar-refractivity contribution in [2.45, 2.75) is 31.0 Å². The summed E-state index contributed by atoms with van der Waals surface area (Å²) >= 11 is 17.9. The molecule has 0 radical (unpaired) electrons. The van der Waals surface area contributed by atoms with E-state index in [1.165, 1.54) is 66.3 Å². The molecule has 1 aliphatic rings. The number of hydrogen-bond donors (Lipinski definition) is 1. The van der Waals surface area contributed by atoms with Gasteiger partial charge >= 0.3 is 11.9 Å². The predicted octanol–water partition coefficient (Wildman–Crippen LogP) is 5.08. The topological polar surface area (TPSA) is 131 Å². The zero-order valence-electron chi connectivity index (χ0n) is 20.1. The van der Waals surface area contributed by atoms with E-state index in [1.807, 2.05) is 0 Å². The standard InChI is InChI=1S/C25H19Cl3FN5O5/c1-25(29)18(39-22(36)13-4-8-15(27)9-5-13)16(10-37-21(35)12-2-6-14(26)7-3-12)38-23(25)34-11-31-17-19(28)32-24(30)33-20(17)34/h2-9,11,16,18,23H,10H2,1H3,(H2,30,32,33)/t16-,18-,23-,25-/m0/s1. The molecule has 39 heavy (non-hydrogen) atoms. The Balaban J connectivity index is 1.46. The van der Waals surface area contributed by atoms with Gasteiger partial charge in [-0.15, -0.1) is 0 Å². The van der Waals surface area contributed by atoms with Crippen LogP contribution in [0.15, 0.2) is 54.9 Å². The van der Waals surface area contributed by atoms with Gasteiger partial charge in [0.25, 0.3) is 0 Å². The summed E-state index contributed by atoms with van der Waals surface area (Å²) in [4.78, 5) is 37.7. The van der Waals surface area contributed by atoms with Crippen molar-refractivity contribution in [3.8, 4) is 0 Å². The van der Waals surface area contributed by atoms with Gasteiger partial charge in [0, 0.05) is 10.0 Å². The Bertz CT molecular complexity index is 1550. The molecule has 5 rings (SSSR count). The fourth-order valence-electron chi connectivity index (χ4n) is 4.20. The van der Waals surface area contributed by atoms with E-state index in [-0.39, 0.29) is 33.4 Å². The van der Waals surface area contributed by atoms with E-state index in [1.54, 1.807) is 0 Å². The first kappa shape index (κ1) is 27.1. The van der Waals surface area contributed by atoms with Crippen molar-refractivity contribution in [2.75, 3.05) is 12.3 Å². The van der Waals surface area contributed by atoms with Gasteiger partial charge in [0.1, 0.15) is 18.2 Å². The van der Waals surface area contributed by atoms with Gasteiger partial charge in [-0.3, -0.25) is 4.57 Å². The van der Waals surface area contributed by atoms with E-state index in [0.29, 0.717) is 10.0 Å². The Kier molecular flexibility index (Phi) is 7.34. The SMILES string of the molecule is C[C@@]1(F)[C@@H](n2cnc3c(Cl)nc(N)nc32)O[C@@H](COC(=O)c2ccc(Cl)cc2)[C@@H]1OC(=O)c1ccc(Cl)cc1. The molecule has 0 aliphatic carbocycles. The summed E-state index contributed by atoms with van der Waals surface area (Å²) in [5.74, 6) is -1.70. The highest BCUT2D eigenvalue weighted by molar-refractivity contribution is 6.33. The number of ether oxygens (including phenoxy) is 3. The van der Waals surface area contributed by atoms with Crippen LogP contribution in [0.4, 0.5) is 10.3 Å². The fourth-order valence-corrected chi connectivity index (χ4v) is 4.67. The number of rotatable bonds is 6. The second kappa shape index (κ2) is 10.6. The molecule has 3 heterocycles. The molecule has 2 N–H and O–H groups in total. The first-order valence-electron chi connectivity index (χ1n) is 11.4. The van der Waals surface area contributed by atoms with E-state index in [2.05, 4.69) is 15.0 Å². The molecule has 0 amide bonds. The van der Waals surface area contributed by atoms with E-state index in [9.17, 15) is 9.59 Å². The maximum atomic E-state index is 16.6. The zero-order valence-corrected chi connectivity index (χ0v) is 22.3. The number of nitrogens with zero attached hydrogens (tertiary/aromatic N) is 4. The van der Waals surface area contributed by atoms with Crippen LogP contribution in [0.25, 0.3) is 11.2 Å². The quantitative estimate of drug-likeness (QED) is 0.240. The summed E-state index contributed by atoms with van der Waals surface area (Å²) < 4.78 is 34.8. The highest BCUT2D eigenvalue weighted by atomic mass is 35.5. The summed E-state index contributed by atoms with van der Waals surface area (Å²) in [5.41, 5.74) is 3.99. The van der Waals surface area contributed by atoms with Crippen LogP contribution >= 0.6 is 34.8 Å². The van der Waals surface area contributed by atoms with Crippen molar-refractivity contribution in [3.63, 3.8) is 0 Å². The molecule has 0 bridgehead atoms. The van der Waals surface area contributed by atoms with Crippen molar-refractivity contribution >= 4 is 63.9 Å². The van der Waals surface area contributed by atoms with Gasteiger partial charge < -0.3 is 19.9 Å². The van der Waals surface area contributed by atoms with Crippen LogP contribution in [-0.4, -0.2) is 55.9 Å². The lowest BCUT2D eigenvalue weighted by Gasteiger charge is -2.27. The second-order valence-corrected chi connectivity index (χ2v) is 10.0. The molecule has 14 heteroatoms. The van der Waals surface area contributed by atoms with E-state index in [4.69, 9.17) is 54.7 Å². The molecule has 2 aromatic carbocycles. The number of nitrogen functional groups attached to an aromatic ring is 1. The summed E-state index contributed by atoms with van der Waals surface area (Å²) in [6.45, 7) is 0.747. The fraction of sp³-hybridized carbons (Fsp3) is 0.240. The lowest BCUT2D eigenvalue weighted by molar-refractivity contribution is -0.0611. The van der Waals surface area contributed by atoms with E-state index >= 15 is 4.39 Å². The molecule has 4 aromatic rings. The molecule has 0 spiro atoms. The number of anilines is 1. The number of esters is 2. The number of benzene rings is 2. The van der Waals surface area contributed by atoms with Gasteiger partial charge in [-0.25, -0.2) is 19.0 Å². The summed E-state index contributed by atoms with van der Waals surface area (Å²) in [6, 6.07) is 11.9. The third kappa shape index (κ3) is 5.35. The molecule has 202 valence electrons. The summed E-state index contributed by atoms with van der Waals surface area (Å²) in [5, 5.41) is 0.812. The number of hydrogen-bond acceptors (Lipinski definition) is 9. The van der Waals surface area contributed by atoms with Gasteiger partial charge in [0.2, 0.25) is 5.95 Å². The first-order valence-corrected chi connectivity index (χ1v) is 12.6. The molecule has 0 saturated carbocycles. The number of halogens is 4. The molecule has 0 unspecified atom stereocenters. The van der Waals surface area contributed by atoms with Crippen LogP contribution in [0.1, 0.15) is 33.9 Å². The van der Waals surface area contributed by atoms with Gasteiger partial charge in [-0.05, 0) is 55.5 Å². The predicted molar refractivity (Wildman–Crippen MR) is 141 cm³/mol. The monoisotopic (exact) mass is 593 g/mol. The zero-order chi connectivity index (χ0) is 27.9. The number of imidazole rings is 1. The molecule has 1 saturated heterocycles. The minimum Gasteiger partial charge on any atom is -0.459 e. The van der Waals surface area contributed by atoms with E-state index < -0.39 is 42.7 Å². The normalized spacial score (nSPS) is 22.6. The smallest absolute Gasteiger partial charge is 0.338 e. The lowest BCUT2D eigenvalue weighted by Crippen LogP contribution is -2.44. The Morgan fingerprint density at radius 2 is 1.62 bits per heavy atom. The van der Waals surface area contributed by atoms with Crippen LogP contribution in [0.5, 0.6) is 0 Å². The molecule has 1 fully saturated rings. The average Bonchev–Trinajstić information content (AvgIpc) is 3.41. The first-order chi connectivity index (χ1) is 18.5. The largest absolute Gasteiger partial charge is 0.459 e. The minimum absolute atomic E-state index is 0.0334. The van der Waals surface area contributed by atoms with Gasteiger partial charge in [0.05, 0.1) is 17.5 Å². The van der Waals surface area contributed by atoms with Crippen molar-refractivity contribution in [2.24, 2.45) is 0 Å².